The molecule has 64 heavy (non-hydrogen) atoms. The monoisotopic (exact) mass is 817 g/mol. The topological polar surface area (TPSA) is 3.24 Å². The molecule has 304 valence electrons. The van der Waals surface area contributed by atoms with Crippen molar-refractivity contribution in [1.82, 2.24) is 0 Å². The van der Waals surface area contributed by atoms with Crippen LogP contribution in [0.1, 0.15) is 63.9 Å². The van der Waals surface area contributed by atoms with Gasteiger partial charge in [0.05, 0.1) is 5.41 Å². The fourth-order valence-corrected chi connectivity index (χ4v) is 12.2. The molecule has 10 aromatic carbocycles. The van der Waals surface area contributed by atoms with Gasteiger partial charge in [-0.3, -0.25) is 0 Å². The van der Waals surface area contributed by atoms with Gasteiger partial charge in [-0.2, -0.15) is 0 Å². The summed E-state index contributed by atoms with van der Waals surface area (Å²) in [6.45, 7) is 7.07. The summed E-state index contributed by atoms with van der Waals surface area (Å²) in [4.78, 5) is 2.54. The van der Waals surface area contributed by atoms with Crippen molar-refractivity contribution in [2.75, 3.05) is 4.90 Å². The summed E-state index contributed by atoms with van der Waals surface area (Å²) in [5.74, 6) is 0. The Morgan fingerprint density at radius 1 is 0.375 bits per heavy atom. The molecule has 0 radical (unpaired) electrons. The molecular formula is C63H47N. The zero-order valence-corrected chi connectivity index (χ0v) is 36.5. The first-order chi connectivity index (χ1) is 31.4. The molecule has 0 fully saturated rings. The van der Waals surface area contributed by atoms with Crippen molar-refractivity contribution in [3.63, 3.8) is 0 Å². The summed E-state index contributed by atoms with van der Waals surface area (Å²) in [6.07, 6.45) is 2.03. The lowest BCUT2D eigenvalue weighted by Crippen LogP contribution is -2.30. The first kappa shape index (κ1) is 37.1. The maximum Gasteiger partial charge on any atom is 0.0719 e. The fraction of sp³-hybridized carbons (Fsp3) is 0.111. The summed E-state index contributed by atoms with van der Waals surface area (Å²) in [5, 5.41) is 5.11. The highest BCUT2D eigenvalue weighted by atomic mass is 15.1. The second-order valence-corrected chi connectivity index (χ2v) is 18.8. The summed E-state index contributed by atoms with van der Waals surface area (Å²) < 4.78 is 0. The van der Waals surface area contributed by atoms with Crippen LogP contribution in [0.2, 0.25) is 0 Å². The predicted molar refractivity (Wildman–Crippen MR) is 269 cm³/mol. The first-order valence-electron chi connectivity index (χ1n) is 22.9. The minimum absolute atomic E-state index is 0.138. The lowest BCUT2D eigenvalue weighted by atomic mass is 9.66. The molecule has 0 amide bonds. The molecule has 0 aromatic heterocycles. The molecule has 13 rings (SSSR count). The van der Waals surface area contributed by atoms with Gasteiger partial charge in [0.2, 0.25) is 0 Å². The lowest BCUT2D eigenvalue weighted by molar-refractivity contribution is 0.660. The van der Waals surface area contributed by atoms with Gasteiger partial charge in [-0.05, 0) is 167 Å². The highest BCUT2D eigenvalue weighted by Crippen LogP contribution is 2.60. The van der Waals surface area contributed by atoms with Crippen LogP contribution in [0, 0.1) is 6.92 Å². The summed E-state index contributed by atoms with van der Waals surface area (Å²) >= 11 is 0. The third-order valence-corrected chi connectivity index (χ3v) is 15.1. The van der Waals surface area contributed by atoms with Gasteiger partial charge in [0.15, 0.2) is 0 Å². The molecule has 0 saturated carbocycles. The molecule has 0 unspecified atom stereocenters. The van der Waals surface area contributed by atoms with Crippen LogP contribution in [0.3, 0.4) is 0 Å². The summed E-state index contributed by atoms with van der Waals surface area (Å²) in [5.41, 5.74) is 23.0. The Bertz CT molecular complexity index is 3520. The third kappa shape index (κ3) is 5.13. The maximum atomic E-state index is 2.55. The van der Waals surface area contributed by atoms with E-state index in [1.165, 1.54) is 111 Å². The summed E-state index contributed by atoms with van der Waals surface area (Å²) in [7, 11) is 0. The molecule has 0 saturated heterocycles. The van der Waals surface area contributed by atoms with Gasteiger partial charge in [-0.25, -0.2) is 0 Å². The van der Waals surface area contributed by atoms with E-state index in [-0.39, 0.29) is 5.41 Å². The van der Waals surface area contributed by atoms with Crippen LogP contribution in [0.4, 0.5) is 17.1 Å². The van der Waals surface area contributed by atoms with Gasteiger partial charge in [-0.15, -0.1) is 0 Å². The minimum Gasteiger partial charge on any atom is -0.310 e. The molecule has 0 bridgehead atoms. The standard InChI is InChI=1S/C63H47N/c1-40-36-44(54-37-43-18-4-7-19-47(43)48-20-8-9-21-49(48)54)30-35-61(40)64(45-31-33-52-50-22-10-14-26-57(50)62(2,3)59(52)38-45)46-32-34-53-51-23-11-15-27-58(51)63(60(53)39-46)55-24-12-5-16-41(55)28-29-42-17-6-13-25-56(42)63/h4-27,30-39H,28-29H2,1-3H3. The molecule has 0 heterocycles. The van der Waals surface area contributed by atoms with Gasteiger partial charge in [0.25, 0.3) is 0 Å². The van der Waals surface area contributed by atoms with Crippen LogP contribution in [-0.4, -0.2) is 0 Å². The lowest BCUT2D eigenvalue weighted by Gasteiger charge is -2.36. The second kappa shape index (κ2) is 13.8. The Kier molecular flexibility index (Phi) is 7.98. The molecule has 1 heteroatoms. The number of rotatable bonds is 4. The van der Waals surface area contributed by atoms with Gasteiger partial charge < -0.3 is 4.90 Å². The zero-order chi connectivity index (χ0) is 42.7. The number of benzene rings is 10. The van der Waals surface area contributed by atoms with Crippen LogP contribution in [0.5, 0.6) is 0 Å². The molecule has 10 aromatic rings. The molecule has 1 spiro atoms. The van der Waals surface area contributed by atoms with Crippen LogP contribution in [0.25, 0.3) is 54.9 Å². The highest BCUT2D eigenvalue weighted by molar-refractivity contribution is 6.14. The number of hydrogen-bond donors (Lipinski definition) is 0. The highest BCUT2D eigenvalue weighted by Gasteiger charge is 2.49. The number of nitrogens with zero attached hydrogens (tertiary/aromatic N) is 1. The molecule has 0 aliphatic heterocycles. The smallest absolute Gasteiger partial charge is 0.0719 e. The van der Waals surface area contributed by atoms with E-state index in [2.05, 4.69) is 232 Å². The Balaban J connectivity index is 1.06. The van der Waals surface area contributed by atoms with E-state index in [0.717, 1.165) is 24.2 Å². The van der Waals surface area contributed by atoms with Gasteiger partial charge in [-0.1, -0.05) is 178 Å². The van der Waals surface area contributed by atoms with E-state index in [1.54, 1.807) is 0 Å². The average Bonchev–Trinajstić information content (AvgIpc) is 3.69. The van der Waals surface area contributed by atoms with Crippen molar-refractivity contribution in [2.45, 2.75) is 44.4 Å². The fourth-order valence-electron chi connectivity index (χ4n) is 12.2. The van der Waals surface area contributed by atoms with Gasteiger partial charge in [0.1, 0.15) is 0 Å². The van der Waals surface area contributed by atoms with Crippen LogP contribution in [0.15, 0.2) is 206 Å². The largest absolute Gasteiger partial charge is 0.310 e. The number of fused-ring (bicyclic) bond motifs is 15. The second-order valence-electron chi connectivity index (χ2n) is 18.8. The van der Waals surface area contributed by atoms with E-state index in [1.807, 2.05) is 0 Å². The molecule has 0 N–H and O–H groups in total. The normalized spacial score (nSPS) is 14.6. The quantitative estimate of drug-likeness (QED) is 0.160. The number of hydrogen-bond acceptors (Lipinski definition) is 1. The predicted octanol–water partition coefficient (Wildman–Crippen LogP) is 16.2. The number of anilines is 3. The maximum absolute atomic E-state index is 2.55. The molecule has 3 aliphatic rings. The Morgan fingerprint density at radius 2 is 0.891 bits per heavy atom. The van der Waals surface area contributed by atoms with Crippen molar-refractivity contribution >= 4 is 38.6 Å². The van der Waals surface area contributed by atoms with E-state index in [9.17, 15) is 0 Å². The van der Waals surface area contributed by atoms with Crippen molar-refractivity contribution in [3.8, 4) is 33.4 Å². The average molecular weight is 818 g/mol. The van der Waals surface area contributed by atoms with Crippen molar-refractivity contribution in [2.24, 2.45) is 0 Å². The van der Waals surface area contributed by atoms with Crippen molar-refractivity contribution in [1.29, 1.82) is 0 Å². The van der Waals surface area contributed by atoms with E-state index < -0.39 is 5.41 Å². The molecular weight excluding hydrogens is 771 g/mol. The molecule has 3 aliphatic carbocycles. The SMILES string of the molecule is Cc1cc(-c2cc3ccccc3c3ccccc23)ccc1N(c1ccc2c(c1)C(C)(C)c1ccccc1-2)c1ccc2c(c1)C1(c3ccccc3CCc3ccccc31)c1ccccc1-2. The van der Waals surface area contributed by atoms with Crippen molar-refractivity contribution in [3.05, 3.63) is 256 Å². The first-order valence-corrected chi connectivity index (χ1v) is 22.9. The summed E-state index contributed by atoms with van der Waals surface area (Å²) in [6, 6.07) is 78.4. The van der Waals surface area contributed by atoms with Crippen LogP contribution >= 0.6 is 0 Å². The van der Waals surface area contributed by atoms with E-state index >= 15 is 0 Å². The van der Waals surface area contributed by atoms with E-state index in [0.29, 0.717) is 0 Å². The third-order valence-electron chi connectivity index (χ3n) is 15.1. The van der Waals surface area contributed by atoms with E-state index in [4.69, 9.17) is 0 Å². The Morgan fingerprint density at radius 3 is 1.58 bits per heavy atom. The molecule has 0 atom stereocenters. The zero-order valence-electron chi connectivity index (χ0n) is 36.5. The Hall–Kier alpha value is -7.48. The van der Waals surface area contributed by atoms with Crippen LogP contribution in [-0.2, 0) is 23.7 Å². The van der Waals surface area contributed by atoms with Crippen LogP contribution < -0.4 is 4.90 Å². The van der Waals surface area contributed by atoms with Crippen molar-refractivity contribution < 1.29 is 0 Å². The Labute approximate surface area is 375 Å². The van der Waals surface area contributed by atoms with Gasteiger partial charge in [0, 0.05) is 22.5 Å². The van der Waals surface area contributed by atoms with Gasteiger partial charge >= 0.3 is 0 Å². The number of aryl methyl sites for hydroxylation is 3. The minimum atomic E-state index is -0.463. The molecule has 1 nitrogen and oxygen atoms in total.